The van der Waals surface area contributed by atoms with E-state index in [0.29, 0.717) is 5.57 Å². The number of hydrogen-bond donors (Lipinski definition) is 3. The van der Waals surface area contributed by atoms with E-state index in [-0.39, 0.29) is 13.0 Å². The average molecular weight is 364 g/mol. The van der Waals surface area contributed by atoms with Crippen molar-refractivity contribution in [2.75, 3.05) is 13.7 Å². The molecule has 3 N–H and O–H groups in total. The van der Waals surface area contributed by atoms with Crippen molar-refractivity contribution in [1.29, 1.82) is 0 Å². The minimum Gasteiger partial charge on any atom is -0.467 e. The van der Waals surface area contributed by atoms with Gasteiger partial charge in [-0.2, -0.15) is 0 Å². The van der Waals surface area contributed by atoms with E-state index in [4.69, 9.17) is 4.74 Å². The number of methoxy groups -OCH3 is 1. The zero-order valence-electron chi connectivity index (χ0n) is 14.9. The van der Waals surface area contributed by atoms with Crippen LogP contribution in [0.25, 0.3) is 0 Å². The van der Waals surface area contributed by atoms with Gasteiger partial charge >= 0.3 is 12.1 Å². The number of alkyl carbamates (subject to hydrolysis) is 1. The van der Waals surface area contributed by atoms with Gasteiger partial charge in [-0.25, -0.2) is 9.59 Å². The Balaban J connectivity index is 2.59. The Hall–Kier alpha value is -2.87. The van der Waals surface area contributed by atoms with Crippen LogP contribution in [0.15, 0.2) is 42.5 Å². The smallest absolute Gasteiger partial charge is 0.408 e. The summed E-state index contributed by atoms with van der Waals surface area (Å²) in [7, 11) is 1.20. The molecular weight excluding hydrogens is 340 g/mol. The van der Waals surface area contributed by atoms with Crippen molar-refractivity contribution in [3.8, 4) is 0 Å². The first-order chi connectivity index (χ1) is 12.4. The lowest BCUT2D eigenvalue weighted by molar-refractivity contribution is -0.145. The van der Waals surface area contributed by atoms with Crippen molar-refractivity contribution < 1.29 is 29.0 Å². The van der Waals surface area contributed by atoms with Gasteiger partial charge in [0.2, 0.25) is 5.91 Å². The van der Waals surface area contributed by atoms with Crippen LogP contribution in [0.2, 0.25) is 0 Å². The molecule has 0 fully saturated rings. The van der Waals surface area contributed by atoms with E-state index in [0.717, 1.165) is 5.56 Å². The van der Waals surface area contributed by atoms with Crippen LogP contribution in [0.5, 0.6) is 0 Å². The van der Waals surface area contributed by atoms with Crippen LogP contribution in [0.4, 0.5) is 4.79 Å². The monoisotopic (exact) mass is 364 g/mol. The number of rotatable bonds is 9. The van der Waals surface area contributed by atoms with E-state index >= 15 is 0 Å². The highest BCUT2D eigenvalue weighted by molar-refractivity contribution is 5.89. The topological polar surface area (TPSA) is 114 Å². The third-order valence-electron chi connectivity index (χ3n) is 3.36. The lowest BCUT2D eigenvalue weighted by Crippen LogP contribution is -2.53. The SMILES string of the molecule is C=C(C)C[C@H](NC(=O)[C@H](CO)NC(=O)OCc1ccccc1)C(=O)OC. The van der Waals surface area contributed by atoms with E-state index in [1.165, 1.54) is 7.11 Å². The van der Waals surface area contributed by atoms with E-state index in [2.05, 4.69) is 21.9 Å². The molecule has 0 saturated heterocycles. The highest BCUT2D eigenvalue weighted by Crippen LogP contribution is 2.05. The third-order valence-corrected chi connectivity index (χ3v) is 3.36. The minimum absolute atomic E-state index is 0.0207. The summed E-state index contributed by atoms with van der Waals surface area (Å²) in [4.78, 5) is 35.8. The molecule has 0 spiro atoms. The summed E-state index contributed by atoms with van der Waals surface area (Å²) in [6, 6.07) is 6.77. The lowest BCUT2D eigenvalue weighted by Gasteiger charge is -2.21. The van der Waals surface area contributed by atoms with Gasteiger partial charge in [-0.3, -0.25) is 4.79 Å². The molecule has 2 atom stereocenters. The Morgan fingerprint density at radius 2 is 1.81 bits per heavy atom. The number of ether oxygens (including phenoxy) is 2. The molecule has 0 saturated carbocycles. The number of aliphatic hydroxyl groups excluding tert-OH is 1. The average Bonchev–Trinajstić information content (AvgIpc) is 2.63. The molecule has 0 heterocycles. The van der Waals surface area contributed by atoms with E-state index in [1.807, 2.05) is 6.07 Å². The van der Waals surface area contributed by atoms with Crippen LogP contribution in [0, 0.1) is 0 Å². The van der Waals surface area contributed by atoms with Gasteiger partial charge < -0.3 is 25.2 Å². The van der Waals surface area contributed by atoms with Crippen molar-refractivity contribution in [3.05, 3.63) is 48.0 Å². The second-order valence-corrected chi connectivity index (χ2v) is 5.69. The van der Waals surface area contributed by atoms with Gasteiger partial charge in [-0.05, 0) is 18.9 Å². The number of aliphatic hydroxyl groups is 1. The quantitative estimate of drug-likeness (QED) is 0.443. The minimum atomic E-state index is -1.27. The second-order valence-electron chi connectivity index (χ2n) is 5.69. The Bertz CT molecular complexity index is 632. The van der Waals surface area contributed by atoms with E-state index in [1.54, 1.807) is 31.2 Å². The highest BCUT2D eigenvalue weighted by atomic mass is 16.5. The summed E-state index contributed by atoms with van der Waals surface area (Å²) < 4.78 is 9.63. The zero-order valence-corrected chi connectivity index (χ0v) is 14.9. The summed E-state index contributed by atoms with van der Waals surface area (Å²) in [5.41, 5.74) is 1.44. The fraction of sp³-hybridized carbons (Fsp3) is 0.389. The zero-order chi connectivity index (χ0) is 19.5. The van der Waals surface area contributed by atoms with Gasteiger partial charge in [-0.1, -0.05) is 35.9 Å². The summed E-state index contributed by atoms with van der Waals surface area (Å²) in [6.07, 6.45) is -0.688. The molecule has 26 heavy (non-hydrogen) atoms. The molecule has 1 aromatic rings. The number of carbonyl (C=O) groups is 3. The summed E-state index contributed by atoms with van der Waals surface area (Å²) >= 11 is 0. The van der Waals surface area contributed by atoms with Gasteiger partial charge in [0.15, 0.2) is 0 Å². The Labute approximate surface area is 152 Å². The largest absolute Gasteiger partial charge is 0.467 e. The number of amides is 2. The fourth-order valence-corrected chi connectivity index (χ4v) is 2.06. The lowest BCUT2D eigenvalue weighted by atomic mass is 10.1. The molecule has 0 radical (unpaired) electrons. The van der Waals surface area contributed by atoms with Crippen molar-refractivity contribution in [1.82, 2.24) is 10.6 Å². The molecule has 0 aromatic heterocycles. The normalized spacial score (nSPS) is 12.4. The van der Waals surface area contributed by atoms with Crippen molar-refractivity contribution >= 4 is 18.0 Å². The molecule has 1 rings (SSSR count). The first-order valence-corrected chi connectivity index (χ1v) is 7.98. The highest BCUT2D eigenvalue weighted by Gasteiger charge is 2.27. The standard InChI is InChI=1S/C18H24N2O6/c1-12(2)9-14(17(23)25-3)19-16(22)15(10-21)20-18(24)26-11-13-7-5-4-6-8-13/h4-8,14-15,21H,1,9-11H2,2-3H3,(H,19,22)(H,20,24)/t14-,15-/m0/s1. The van der Waals surface area contributed by atoms with Crippen LogP contribution in [0.1, 0.15) is 18.9 Å². The maximum absolute atomic E-state index is 12.2. The molecule has 0 bridgehead atoms. The fourth-order valence-electron chi connectivity index (χ4n) is 2.06. The van der Waals surface area contributed by atoms with E-state index in [9.17, 15) is 19.5 Å². The maximum Gasteiger partial charge on any atom is 0.408 e. The second kappa shape index (κ2) is 10.9. The van der Waals surface area contributed by atoms with Gasteiger partial charge in [0.1, 0.15) is 18.7 Å². The summed E-state index contributed by atoms with van der Waals surface area (Å²) in [5, 5.41) is 14.0. The predicted molar refractivity (Wildman–Crippen MR) is 94.0 cm³/mol. The number of benzene rings is 1. The van der Waals surface area contributed by atoms with E-state index < -0.39 is 36.7 Å². The van der Waals surface area contributed by atoms with Crippen molar-refractivity contribution in [2.45, 2.75) is 32.0 Å². The molecule has 8 heteroatoms. The molecule has 0 aliphatic heterocycles. The predicted octanol–water partition coefficient (Wildman–Crippen LogP) is 0.898. The van der Waals surface area contributed by atoms with Crippen molar-refractivity contribution in [3.63, 3.8) is 0 Å². The van der Waals surface area contributed by atoms with Gasteiger partial charge in [-0.15, -0.1) is 6.58 Å². The molecule has 1 aromatic carbocycles. The molecule has 2 amide bonds. The molecular formula is C18H24N2O6. The van der Waals surface area contributed by atoms with Crippen molar-refractivity contribution in [2.24, 2.45) is 0 Å². The molecule has 0 aliphatic carbocycles. The van der Waals surface area contributed by atoms with Crippen LogP contribution < -0.4 is 10.6 Å². The number of carbonyl (C=O) groups excluding carboxylic acids is 3. The van der Waals surface area contributed by atoms with Crippen LogP contribution >= 0.6 is 0 Å². The van der Waals surface area contributed by atoms with Crippen LogP contribution in [-0.2, 0) is 25.7 Å². The molecule has 142 valence electrons. The number of nitrogens with one attached hydrogen (secondary N) is 2. The summed E-state index contributed by atoms with van der Waals surface area (Å²) in [6.45, 7) is 4.75. The Morgan fingerprint density at radius 3 is 2.35 bits per heavy atom. The van der Waals surface area contributed by atoms with Gasteiger partial charge in [0.05, 0.1) is 13.7 Å². The Kier molecular flexibility index (Phi) is 8.86. The maximum atomic E-state index is 12.2. The van der Waals surface area contributed by atoms with Crippen LogP contribution in [0.3, 0.4) is 0 Å². The van der Waals surface area contributed by atoms with Crippen LogP contribution in [-0.4, -0.2) is 48.9 Å². The molecule has 0 aliphatic rings. The first-order valence-electron chi connectivity index (χ1n) is 7.98. The first kappa shape index (κ1) is 21.2. The van der Waals surface area contributed by atoms with Gasteiger partial charge in [0, 0.05) is 0 Å². The van der Waals surface area contributed by atoms with Gasteiger partial charge in [0.25, 0.3) is 0 Å². The Morgan fingerprint density at radius 1 is 1.15 bits per heavy atom. The number of hydrogen-bond acceptors (Lipinski definition) is 6. The number of esters is 1. The molecule has 0 unspecified atom stereocenters. The summed E-state index contributed by atoms with van der Waals surface area (Å²) in [5.74, 6) is -1.38. The third kappa shape index (κ3) is 7.35. The molecule has 8 nitrogen and oxygen atoms in total.